The summed E-state index contributed by atoms with van der Waals surface area (Å²) >= 11 is 5.08. The Balaban J connectivity index is 1.34. The van der Waals surface area contributed by atoms with Crippen molar-refractivity contribution in [3.8, 4) is 5.69 Å². The average Bonchev–Trinajstić information content (AvgIpc) is 3.30. The number of benzodiazepines with no additional fused rings is 1. The van der Waals surface area contributed by atoms with Crippen molar-refractivity contribution in [3.63, 3.8) is 0 Å². The van der Waals surface area contributed by atoms with Crippen LogP contribution in [0.1, 0.15) is 17.5 Å². The van der Waals surface area contributed by atoms with Gasteiger partial charge in [-0.25, -0.2) is 4.39 Å². The van der Waals surface area contributed by atoms with Crippen molar-refractivity contribution in [3.05, 3.63) is 94.2 Å². The van der Waals surface area contributed by atoms with Gasteiger partial charge in [-0.3, -0.25) is 9.79 Å². The molecule has 3 aromatic carbocycles. The van der Waals surface area contributed by atoms with Gasteiger partial charge in [-0.2, -0.15) is 4.68 Å². The van der Waals surface area contributed by atoms with Gasteiger partial charge in [-0.15, -0.1) is 5.10 Å². The lowest BCUT2D eigenvalue weighted by molar-refractivity contribution is -0.117. The Morgan fingerprint density at radius 3 is 2.63 bits per heavy atom. The first-order valence-electron chi connectivity index (χ1n) is 11.0. The van der Waals surface area contributed by atoms with Crippen LogP contribution in [0.5, 0.6) is 0 Å². The first kappa shape index (κ1) is 23.4. The molecule has 7 nitrogen and oxygen atoms in total. The van der Waals surface area contributed by atoms with Crippen molar-refractivity contribution in [2.24, 2.45) is 4.99 Å². The molecule has 0 fully saturated rings. The smallest absolute Gasteiger partial charge is 0.248 e. The van der Waals surface area contributed by atoms with Crippen LogP contribution in [0, 0.1) is 5.82 Å². The Bertz CT molecular complexity index is 1390. The predicted molar refractivity (Wildman–Crippen MR) is 138 cm³/mol. The molecule has 176 valence electrons. The van der Waals surface area contributed by atoms with Crippen LogP contribution in [0.25, 0.3) is 5.69 Å². The van der Waals surface area contributed by atoms with Gasteiger partial charge in [-0.1, -0.05) is 64.1 Å². The first-order valence-corrected chi connectivity index (χ1v) is 12.8. The van der Waals surface area contributed by atoms with E-state index < -0.39 is 0 Å². The highest BCUT2D eigenvalue weighted by molar-refractivity contribution is 9.10. The molecule has 1 aromatic heterocycles. The Kier molecular flexibility index (Phi) is 7.01. The molecule has 10 heteroatoms. The lowest BCUT2D eigenvalue weighted by Crippen LogP contribution is -2.33. The van der Waals surface area contributed by atoms with Gasteiger partial charge < -0.3 is 4.90 Å². The third-order valence-electron chi connectivity index (χ3n) is 5.51. The lowest BCUT2D eigenvalue weighted by atomic mass is 10.00. The molecule has 0 radical (unpaired) electrons. The van der Waals surface area contributed by atoms with Crippen molar-refractivity contribution < 1.29 is 9.18 Å². The number of benzene rings is 3. The number of amides is 1. The van der Waals surface area contributed by atoms with E-state index in [4.69, 9.17) is 0 Å². The molecule has 4 aromatic rings. The van der Waals surface area contributed by atoms with Crippen molar-refractivity contribution in [2.75, 3.05) is 23.7 Å². The summed E-state index contributed by atoms with van der Waals surface area (Å²) in [5, 5.41) is 12.7. The van der Waals surface area contributed by atoms with Crippen molar-refractivity contribution >= 4 is 45.0 Å². The van der Waals surface area contributed by atoms with Crippen molar-refractivity contribution in [1.82, 2.24) is 20.2 Å². The van der Waals surface area contributed by atoms with E-state index in [-0.39, 0.29) is 18.3 Å². The SMILES string of the molecule is O=C1CN=C(c2ccccc2Br)c2cc(F)ccc2N1CCCSc1nnnn1-c1ccccc1. The molecule has 2 heterocycles. The molecule has 35 heavy (non-hydrogen) atoms. The fourth-order valence-corrected chi connectivity index (χ4v) is 5.19. The van der Waals surface area contributed by atoms with Gasteiger partial charge in [0.05, 0.1) is 17.1 Å². The van der Waals surface area contributed by atoms with Gasteiger partial charge in [0.15, 0.2) is 0 Å². The number of hydrogen-bond donors (Lipinski definition) is 0. The second-order valence-corrected chi connectivity index (χ2v) is 9.68. The van der Waals surface area contributed by atoms with E-state index >= 15 is 0 Å². The summed E-state index contributed by atoms with van der Waals surface area (Å²) < 4.78 is 16.8. The molecule has 5 rings (SSSR count). The second kappa shape index (κ2) is 10.5. The number of aliphatic imine (C=N–C) groups is 1. The third-order valence-corrected chi connectivity index (χ3v) is 7.20. The number of nitrogens with zero attached hydrogens (tertiary/aromatic N) is 6. The molecular weight excluding hydrogens is 531 g/mol. The van der Waals surface area contributed by atoms with Gasteiger partial charge >= 0.3 is 0 Å². The summed E-state index contributed by atoms with van der Waals surface area (Å²) in [7, 11) is 0. The molecule has 0 aliphatic carbocycles. The molecule has 0 saturated heterocycles. The average molecular weight is 551 g/mol. The number of anilines is 1. The summed E-state index contributed by atoms with van der Waals surface area (Å²) in [5.41, 5.74) is 3.55. The third kappa shape index (κ3) is 5.03. The van der Waals surface area contributed by atoms with Gasteiger partial charge in [0, 0.05) is 27.9 Å². The van der Waals surface area contributed by atoms with E-state index in [9.17, 15) is 9.18 Å². The number of tetrazole rings is 1. The van der Waals surface area contributed by atoms with Gasteiger partial charge in [-0.05, 0) is 53.2 Å². The minimum absolute atomic E-state index is 0.00758. The summed E-state index contributed by atoms with van der Waals surface area (Å²) in [6.45, 7) is 0.461. The zero-order valence-electron chi connectivity index (χ0n) is 18.5. The zero-order valence-corrected chi connectivity index (χ0v) is 20.9. The molecule has 0 bridgehead atoms. The van der Waals surface area contributed by atoms with E-state index in [2.05, 4.69) is 36.4 Å². The number of carbonyl (C=O) groups excluding carboxylic acids is 1. The van der Waals surface area contributed by atoms with Crippen LogP contribution in [0.2, 0.25) is 0 Å². The van der Waals surface area contributed by atoms with E-state index in [1.165, 1.54) is 23.9 Å². The Labute approximate surface area is 214 Å². The van der Waals surface area contributed by atoms with E-state index in [1.807, 2.05) is 54.6 Å². The van der Waals surface area contributed by atoms with Crippen molar-refractivity contribution in [1.29, 1.82) is 0 Å². The van der Waals surface area contributed by atoms with Crippen LogP contribution in [0.4, 0.5) is 10.1 Å². The van der Waals surface area contributed by atoms with Gasteiger partial charge in [0.1, 0.15) is 12.4 Å². The number of rotatable bonds is 7. The molecule has 0 unspecified atom stereocenters. The van der Waals surface area contributed by atoms with Crippen LogP contribution in [0.3, 0.4) is 0 Å². The summed E-state index contributed by atoms with van der Waals surface area (Å²) in [4.78, 5) is 19.3. The molecule has 0 N–H and O–H groups in total. The van der Waals surface area contributed by atoms with Crippen LogP contribution in [-0.4, -0.2) is 50.7 Å². The molecule has 1 aliphatic rings. The first-order chi connectivity index (χ1) is 17.1. The van der Waals surface area contributed by atoms with E-state index in [0.717, 1.165) is 15.7 Å². The molecule has 0 spiro atoms. The summed E-state index contributed by atoms with van der Waals surface area (Å²) in [5.74, 6) is 0.200. The Morgan fingerprint density at radius 2 is 1.80 bits per heavy atom. The number of carbonyl (C=O) groups is 1. The molecule has 0 atom stereocenters. The lowest BCUT2D eigenvalue weighted by Gasteiger charge is -2.23. The Morgan fingerprint density at radius 1 is 1.00 bits per heavy atom. The fourth-order valence-electron chi connectivity index (χ4n) is 3.90. The van der Waals surface area contributed by atoms with E-state index in [1.54, 1.807) is 15.6 Å². The maximum Gasteiger partial charge on any atom is 0.248 e. The highest BCUT2D eigenvalue weighted by Gasteiger charge is 2.26. The maximum atomic E-state index is 14.3. The molecule has 1 amide bonds. The largest absolute Gasteiger partial charge is 0.310 e. The topological polar surface area (TPSA) is 76.3 Å². The standard InChI is InChI=1S/C25H20BrFN6OS/c26-21-10-5-4-9-19(21)24-20-15-17(27)11-12-22(20)32(23(34)16-28-24)13-6-14-35-25-29-30-31-33(25)18-7-2-1-3-8-18/h1-5,7-12,15H,6,13-14,16H2. The normalized spacial score (nSPS) is 13.4. The number of hydrogen-bond acceptors (Lipinski definition) is 6. The quantitative estimate of drug-likeness (QED) is 0.241. The number of para-hydroxylation sites is 1. The van der Waals surface area contributed by atoms with Crippen LogP contribution < -0.4 is 4.90 Å². The van der Waals surface area contributed by atoms with Gasteiger partial charge in [0.2, 0.25) is 11.1 Å². The Hall–Kier alpha value is -3.37. The van der Waals surface area contributed by atoms with E-state index in [0.29, 0.717) is 40.8 Å². The monoisotopic (exact) mass is 550 g/mol. The van der Waals surface area contributed by atoms with Crippen LogP contribution >= 0.6 is 27.7 Å². The number of fused-ring (bicyclic) bond motifs is 1. The predicted octanol–water partition coefficient (Wildman–Crippen LogP) is 4.93. The highest BCUT2D eigenvalue weighted by atomic mass is 79.9. The fraction of sp³-hybridized carbons (Fsp3) is 0.160. The summed E-state index contributed by atoms with van der Waals surface area (Å²) in [6, 6.07) is 21.8. The van der Waals surface area contributed by atoms with Crippen LogP contribution in [0.15, 0.2) is 87.4 Å². The number of aromatic nitrogens is 4. The zero-order chi connectivity index (χ0) is 24.2. The van der Waals surface area contributed by atoms with Gasteiger partial charge in [0.25, 0.3) is 0 Å². The van der Waals surface area contributed by atoms with Crippen LogP contribution in [-0.2, 0) is 4.79 Å². The minimum Gasteiger partial charge on any atom is -0.310 e. The number of halogens is 2. The minimum atomic E-state index is -0.374. The molecular formula is C25H20BrFN6OS. The maximum absolute atomic E-state index is 14.3. The summed E-state index contributed by atoms with van der Waals surface area (Å²) in [6.07, 6.45) is 0.694. The molecule has 1 aliphatic heterocycles. The highest BCUT2D eigenvalue weighted by Crippen LogP contribution is 2.31. The van der Waals surface area contributed by atoms with Crippen molar-refractivity contribution in [2.45, 2.75) is 11.6 Å². The number of thioether (sulfide) groups is 1. The molecule has 0 saturated carbocycles. The second-order valence-electron chi connectivity index (χ2n) is 7.76.